The molecule has 0 saturated carbocycles. The van der Waals surface area contributed by atoms with Gasteiger partial charge in [-0.2, -0.15) is 4.98 Å². The molecule has 2 saturated heterocycles. The van der Waals surface area contributed by atoms with Gasteiger partial charge in [-0.3, -0.25) is 9.59 Å². The third-order valence-corrected chi connectivity index (χ3v) is 6.00. The number of nitrogens with zero attached hydrogens (tertiary/aromatic N) is 4. The molecule has 3 heterocycles. The van der Waals surface area contributed by atoms with E-state index in [0.29, 0.717) is 24.1 Å². The normalized spacial score (nSPS) is 18.6. The van der Waals surface area contributed by atoms with E-state index in [4.69, 9.17) is 16.6 Å². The van der Waals surface area contributed by atoms with Gasteiger partial charge in [0.1, 0.15) is 5.02 Å². The van der Waals surface area contributed by atoms with Gasteiger partial charge in [-0.05, 0) is 39.5 Å². The fourth-order valence-corrected chi connectivity index (χ4v) is 4.27. The van der Waals surface area contributed by atoms with E-state index >= 15 is 0 Å². The highest BCUT2D eigenvalue weighted by molar-refractivity contribution is 6.32. The van der Waals surface area contributed by atoms with Crippen LogP contribution in [-0.2, 0) is 9.59 Å². The van der Waals surface area contributed by atoms with Crippen LogP contribution in [0.1, 0.15) is 39.5 Å². The molecule has 160 valence electrons. The predicted molar refractivity (Wildman–Crippen MR) is 114 cm³/mol. The molecule has 0 atom stereocenters. The molecule has 2 N–H and O–H groups in total. The highest BCUT2D eigenvalue weighted by Crippen LogP contribution is 2.30. The van der Waals surface area contributed by atoms with E-state index in [1.54, 1.807) is 6.20 Å². The Morgan fingerprint density at radius 1 is 0.966 bits per heavy atom. The molecule has 9 heteroatoms. The summed E-state index contributed by atoms with van der Waals surface area (Å²) in [5.41, 5.74) is 0. The molecule has 8 nitrogen and oxygen atoms in total. The van der Waals surface area contributed by atoms with E-state index < -0.39 is 0 Å². The second-order valence-electron chi connectivity index (χ2n) is 7.65. The number of anilines is 2. The van der Waals surface area contributed by atoms with Crippen LogP contribution in [-0.4, -0.2) is 61.1 Å². The van der Waals surface area contributed by atoms with Gasteiger partial charge in [0, 0.05) is 51.1 Å². The van der Waals surface area contributed by atoms with Crippen molar-refractivity contribution in [1.82, 2.24) is 20.6 Å². The lowest BCUT2D eigenvalue weighted by Gasteiger charge is -2.34. The summed E-state index contributed by atoms with van der Waals surface area (Å²) in [7, 11) is 0. The van der Waals surface area contributed by atoms with E-state index in [9.17, 15) is 9.59 Å². The van der Waals surface area contributed by atoms with Gasteiger partial charge >= 0.3 is 0 Å². The van der Waals surface area contributed by atoms with Crippen LogP contribution in [0.15, 0.2) is 6.20 Å². The smallest absolute Gasteiger partial charge is 0.227 e. The maximum absolute atomic E-state index is 12.1. The van der Waals surface area contributed by atoms with E-state index in [2.05, 4.69) is 25.4 Å². The summed E-state index contributed by atoms with van der Waals surface area (Å²) >= 11 is 6.40. The molecule has 0 radical (unpaired) electrons. The van der Waals surface area contributed by atoms with Gasteiger partial charge in [-0.25, -0.2) is 4.98 Å². The molecule has 2 fully saturated rings. The topological polar surface area (TPSA) is 90.5 Å². The fraction of sp³-hybridized carbons (Fsp3) is 0.700. The van der Waals surface area contributed by atoms with Gasteiger partial charge in [0.2, 0.25) is 17.8 Å². The zero-order chi connectivity index (χ0) is 20.8. The van der Waals surface area contributed by atoms with Crippen molar-refractivity contribution >= 4 is 35.2 Å². The van der Waals surface area contributed by atoms with Gasteiger partial charge in [0.15, 0.2) is 5.82 Å². The molecular formula is C20H31ClN6O2. The molecule has 2 aliphatic heterocycles. The Balaban J connectivity index is 1.61. The average Bonchev–Trinajstić information content (AvgIpc) is 2.75. The Labute approximate surface area is 177 Å². The van der Waals surface area contributed by atoms with Gasteiger partial charge in [-0.1, -0.05) is 11.6 Å². The first kappa shape index (κ1) is 21.6. The minimum Gasteiger partial charge on any atom is -0.356 e. The molecule has 0 aromatic carbocycles. The quantitative estimate of drug-likeness (QED) is 0.726. The predicted octanol–water partition coefficient (Wildman–Crippen LogP) is 1.83. The largest absolute Gasteiger partial charge is 0.356 e. The highest BCUT2D eigenvalue weighted by Gasteiger charge is 2.29. The minimum absolute atomic E-state index is 0.0552. The Bertz CT molecular complexity index is 715. The van der Waals surface area contributed by atoms with Crippen LogP contribution < -0.4 is 20.4 Å². The van der Waals surface area contributed by atoms with Crippen LogP contribution in [0.2, 0.25) is 5.02 Å². The molecule has 2 amide bonds. The first-order valence-electron chi connectivity index (χ1n) is 10.6. The van der Waals surface area contributed by atoms with Crippen LogP contribution in [0, 0.1) is 11.8 Å². The number of carbonyl (C=O) groups is 2. The third-order valence-electron chi connectivity index (χ3n) is 5.73. The monoisotopic (exact) mass is 422 g/mol. The lowest BCUT2D eigenvalue weighted by molar-refractivity contribution is -0.126. The number of hydrogen-bond acceptors (Lipinski definition) is 6. The maximum atomic E-state index is 12.1. The second kappa shape index (κ2) is 10.1. The molecule has 3 rings (SSSR count). The van der Waals surface area contributed by atoms with Crippen LogP contribution in [0.5, 0.6) is 0 Å². The van der Waals surface area contributed by atoms with Crippen LogP contribution in [0.4, 0.5) is 11.8 Å². The van der Waals surface area contributed by atoms with Crippen molar-refractivity contribution in [3.8, 4) is 0 Å². The van der Waals surface area contributed by atoms with Gasteiger partial charge in [-0.15, -0.1) is 0 Å². The maximum Gasteiger partial charge on any atom is 0.227 e. The SMILES string of the molecule is CCNC(=O)C1CCN(c2ncc(Cl)c(N3CCC(C(=O)NCC)CC3)n2)CC1. The van der Waals surface area contributed by atoms with Crippen molar-refractivity contribution in [3.05, 3.63) is 11.2 Å². The number of carbonyl (C=O) groups excluding carboxylic acids is 2. The van der Waals surface area contributed by atoms with E-state index in [1.807, 2.05) is 13.8 Å². The van der Waals surface area contributed by atoms with Crippen molar-refractivity contribution in [2.45, 2.75) is 39.5 Å². The summed E-state index contributed by atoms with van der Waals surface area (Å²) in [5.74, 6) is 1.78. The molecule has 0 bridgehead atoms. The van der Waals surface area contributed by atoms with Crippen molar-refractivity contribution in [2.24, 2.45) is 11.8 Å². The zero-order valence-electron chi connectivity index (χ0n) is 17.3. The van der Waals surface area contributed by atoms with Gasteiger partial charge < -0.3 is 20.4 Å². The Hall–Kier alpha value is -2.09. The number of piperidine rings is 2. The van der Waals surface area contributed by atoms with Crippen molar-refractivity contribution in [2.75, 3.05) is 49.1 Å². The third kappa shape index (κ3) is 5.29. The van der Waals surface area contributed by atoms with Crippen LogP contribution >= 0.6 is 11.6 Å². The second-order valence-corrected chi connectivity index (χ2v) is 8.06. The fourth-order valence-electron chi connectivity index (χ4n) is 4.06. The van der Waals surface area contributed by atoms with Crippen LogP contribution in [0.3, 0.4) is 0 Å². The summed E-state index contributed by atoms with van der Waals surface area (Å²) in [6.07, 6.45) is 4.83. The lowest BCUT2D eigenvalue weighted by Crippen LogP contribution is -2.42. The number of rotatable bonds is 6. The molecule has 0 spiro atoms. The summed E-state index contributed by atoms with van der Waals surface area (Å²) in [5, 5.41) is 6.35. The summed E-state index contributed by atoms with van der Waals surface area (Å²) in [6.45, 7) is 8.21. The standard InChI is InChI=1S/C20H31ClN6O2/c1-3-22-18(28)14-5-9-26(10-6-14)17-16(21)13-24-20(25-17)27-11-7-15(8-12-27)19(29)23-4-2/h13-15H,3-12H2,1-2H3,(H,22,28)(H,23,29). The Morgan fingerprint density at radius 3 is 1.93 bits per heavy atom. The first-order chi connectivity index (χ1) is 14.0. The molecule has 0 unspecified atom stereocenters. The first-order valence-corrected chi connectivity index (χ1v) is 11.0. The molecule has 29 heavy (non-hydrogen) atoms. The van der Waals surface area contributed by atoms with Gasteiger partial charge in [0.05, 0.1) is 6.20 Å². The zero-order valence-corrected chi connectivity index (χ0v) is 18.0. The molecule has 2 aliphatic rings. The van der Waals surface area contributed by atoms with E-state index in [0.717, 1.165) is 57.7 Å². The van der Waals surface area contributed by atoms with Crippen molar-refractivity contribution in [3.63, 3.8) is 0 Å². The summed E-state index contributed by atoms with van der Waals surface area (Å²) < 4.78 is 0. The minimum atomic E-state index is 0.0552. The highest BCUT2D eigenvalue weighted by atomic mass is 35.5. The molecular weight excluding hydrogens is 392 g/mol. The van der Waals surface area contributed by atoms with Crippen LogP contribution in [0.25, 0.3) is 0 Å². The number of nitrogens with one attached hydrogen (secondary N) is 2. The Kier molecular flexibility index (Phi) is 7.52. The molecule has 0 aliphatic carbocycles. The van der Waals surface area contributed by atoms with E-state index in [1.165, 1.54) is 0 Å². The van der Waals surface area contributed by atoms with Crippen molar-refractivity contribution < 1.29 is 9.59 Å². The summed E-state index contributed by atoms with van der Waals surface area (Å²) in [6, 6.07) is 0. The Morgan fingerprint density at radius 2 is 1.45 bits per heavy atom. The van der Waals surface area contributed by atoms with Crippen molar-refractivity contribution in [1.29, 1.82) is 0 Å². The number of halogens is 1. The summed E-state index contributed by atoms with van der Waals surface area (Å²) in [4.78, 5) is 37.5. The average molecular weight is 423 g/mol. The number of hydrogen-bond donors (Lipinski definition) is 2. The molecule has 1 aromatic rings. The van der Waals surface area contributed by atoms with E-state index in [-0.39, 0.29) is 23.7 Å². The number of amides is 2. The van der Waals surface area contributed by atoms with Gasteiger partial charge in [0.25, 0.3) is 0 Å². The number of aromatic nitrogens is 2. The lowest BCUT2D eigenvalue weighted by atomic mass is 9.96. The molecule has 1 aromatic heterocycles.